The van der Waals surface area contributed by atoms with Crippen molar-refractivity contribution in [1.82, 2.24) is 24.9 Å². The van der Waals surface area contributed by atoms with Crippen LogP contribution in [0.2, 0.25) is 0 Å². The van der Waals surface area contributed by atoms with Crippen LogP contribution in [0.1, 0.15) is 5.69 Å². The van der Waals surface area contributed by atoms with Crippen LogP contribution >= 0.6 is 0 Å². The lowest BCUT2D eigenvalue weighted by Gasteiger charge is -2.14. The minimum Gasteiger partial charge on any atom is -0.256 e. The molecule has 0 saturated heterocycles. The van der Waals surface area contributed by atoms with E-state index in [1.54, 1.807) is 0 Å². The lowest BCUT2D eigenvalue weighted by atomic mass is 9.95. The standard InChI is InChI=1S/C50H33N5/c1-32-20-21-38-26-27-42-43(30-44(34-11-4-2-5-12-34)53-49(42)48(38)52-32)33-22-24-36(25-23-33)46-31-45(35-13-6-3-7-14-35)54-50(55-46)40-17-8-16-39(29-40)41-19-9-15-37-18-10-28-51-47(37)41/h2-31H,1H3. The van der Waals surface area contributed by atoms with E-state index < -0.39 is 0 Å². The number of benzene rings is 6. The summed E-state index contributed by atoms with van der Waals surface area (Å²) in [6, 6.07) is 60.9. The Bertz CT molecular complexity index is 3030. The number of para-hydroxylation sites is 1. The Kier molecular flexibility index (Phi) is 7.96. The fraction of sp³-hybridized carbons (Fsp3) is 0.0200. The molecule has 10 rings (SSSR count). The zero-order valence-electron chi connectivity index (χ0n) is 30.1. The highest BCUT2D eigenvalue weighted by Gasteiger charge is 2.16. The van der Waals surface area contributed by atoms with Crippen molar-refractivity contribution in [2.45, 2.75) is 6.92 Å². The molecule has 10 aromatic rings. The number of hydrogen-bond donors (Lipinski definition) is 0. The molecule has 4 aromatic heterocycles. The van der Waals surface area contributed by atoms with E-state index >= 15 is 0 Å². The third kappa shape index (κ3) is 6.08. The van der Waals surface area contributed by atoms with E-state index in [1.165, 1.54) is 0 Å². The number of nitrogens with zero attached hydrogens (tertiary/aromatic N) is 5. The highest BCUT2D eigenvalue weighted by molar-refractivity contribution is 6.09. The Morgan fingerprint density at radius 1 is 0.345 bits per heavy atom. The molecule has 0 unspecified atom stereocenters. The van der Waals surface area contributed by atoms with Crippen LogP contribution in [0.5, 0.6) is 0 Å². The second-order valence-electron chi connectivity index (χ2n) is 13.8. The van der Waals surface area contributed by atoms with Gasteiger partial charge in [0, 0.05) is 55.9 Å². The van der Waals surface area contributed by atoms with Crippen molar-refractivity contribution in [2.75, 3.05) is 0 Å². The van der Waals surface area contributed by atoms with Crippen molar-refractivity contribution in [1.29, 1.82) is 0 Å². The quantitative estimate of drug-likeness (QED) is 0.161. The first-order valence-corrected chi connectivity index (χ1v) is 18.4. The zero-order valence-corrected chi connectivity index (χ0v) is 30.1. The van der Waals surface area contributed by atoms with Gasteiger partial charge in [0.15, 0.2) is 5.82 Å². The van der Waals surface area contributed by atoms with E-state index in [1.807, 2.05) is 43.5 Å². The molecule has 0 fully saturated rings. The Morgan fingerprint density at radius 2 is 0.945 bits per heavy atom. The van der Waals surface area contributed by atoms with E-state index in [0.717, 1.165) is 100.0 Å². The first-order chi connectivity index (χ1) is 27.1. The first kappa shape index (κ1) is 32.3. The summed E-state index contributed by atoms with van der Waals surface area (Å²) in [4.78, 5) is 25.2. The average Bonchev–Trinajstić information content (AvgIpc) is 3.26. The van der Waals surface area contributed by atoms with Gasteiger partial charge >= 0.3 is 0 Å². The second-order valence-corrected chi connectivity index (χ2v) is 13.8. The molecule has 55 heavy (non-hydrogen) atoms. The van der Waals surface area contributed by atoms with Crippen molar-refractivity contribution in [3.8, 4) is 67.4 Å². The van der Waals surface area contributed by atoms with E-state index in [0.29, 0.717) is 5.82 Å². The van der Waals surface area contributed by atoms with Gasteiger partial charge in [-0.15, -0.1) is 0 Å². The topological polar surface area (TPSA) is 64.5 Å². The van der Waals surface area contributed by atoms with Crippen molar-refractivity contribution in [2.24, 2.45) is 0 Å². The zero-order chi connectivity index (χ0) is 36.7. The Labute approximate surface area is 318 Å². The summed E-state index contributed by atoms with van der Waals surface area (Å²) >= 11 is 0. The molecule has 0 aliphatic carbocycles. The minimum atomic E-state index is 0.665. The van der Waals surface area contributed by atoms with Crippen LogP contribution in [-0.4, -0.2) is 24.9 Å². The highest BCUT2D eigenvalue weighted by Crippen LogP contribution is 2.37. The molecule has 5 nitrogen and oxygen atoms in total. The monoisotopic (exact) mass is 703 g/mol. The molecule has 0 bridgehead atoms. The van der Waals surface area contributed by atoms with Crippen molar-refractivity contribution >= 4 is 32.7 Å². The summed E-state index contributed by atoms with van der Waals surface area (Å²) < 4.78 is 0. The van der Waals surface area contributed by atoms with Gasteiger partial charge in [-0.05, 0) is 53.9 Å². The fourth-order valence-corrected chi connectivity index (χ4v) is 7.43. The van der Waals surface area contributed by atoms with E-state index in [-0.39, 0.29) is 0 Å². The third-order valence-electron chi connectivity index (χ3n) is 10.2. The van der Waals surface area contributed by atoms with Crippen LogP contribution in [0.25, 0.3) is 100 Å². The number of rotatable bonds is 6. The number of pyridine rings is 3. The van der Waals surface area contributed by atoms with Gasteiger partial charge in [0.25, 0.3) is 0 Å². The van der Waals surface area contributed by atoms with Crippen LogP contribution in [0.3, 0.4) is 0 Å². The maximum Gasteiger partial charge on any atom is 0.160 e. The molecule has 6 aromatic carbocycles. The predicted molar refractivity (Wildman–Crippen MR) is 225 cm³/mol. The van der Waals surface area contributed by atoms with Gasteiger partial charge < -0.3 is 0 Å². The normalized spacial score (nSPS) is 11.4. The third-order valence-corrected chi connectivity index (χ3v) is 10.2. The van der Waals surface area contributed by atoms with E-state index in [9.17, 15) is 0 Å². The summed E-state index contributed by atoms with van der Waals surface area (Å²) in [5.74, 6) is 0.665. The maximum atomic E-state index is 5.20. The second kappa shape index (κ2) is 13.6. The predicted octanol–water partition coefficient (Wildman–Crippen LogP) is 12.4. The van der Waals surface area contributed by atoms with Crippen LogP contribution in [0, 0.1) is 6.92 Å². The summed E-state index contributed by atoms with van der Waals surface area (Å²) in [6.07, 6.45) is 1.85. The van der Waals surface area contributed by atoms with Gasteiger partial charge in [-0.25, -0.2) is 15.0 Å². The molecule has 0 aliphatic rings. The number of hydrogen-bond acceptors (Lipinski definition) is 5. The molecule has 0 saturated carbocycles. The summed E-state index contributed by atoms with van der Waals surface area (Å²) in [5.41, 5.74) is 14.8. The highest BCUT2D eigenvalue weighted by atomic mass is 14.9. The largest absolute Gasteiger partial charge is 0.256 e. The van der Waals surface area contributed by atoms with E-state index in [2.05, 4.69) is 146 Å². The Balaban J connectivity index is 1.10. The lowest BCUT2D eigenvalue weighted by Crippen LogP contribution is -1.96. The minimum absolute atomic E-state index is 0.665. The molecule has 4 heterocycles. The molecule has 0 amide bonds. The molecule has 0 N–H and O–H groups in total. The fourth-order valence-electron chi connectivity index (χ4n) is 7.43. The molecule has 0 aliphatic heterocycles. The molecular weight excluding hydrogens is 671 g/mol. The van der Waals surface area contributed by atoms with Crippen molar-refractivity contribution in [3.63, 3.8) is 0 Å². The smallest absolute Gasteiger partial charge is 0.160 e. The first-order valence-electron chi connectivity index (χ1n) is 18.4. The number of fused-ring (bicyclic) bond motifs is 4. The molecule has 0 spiro atoms. The molecule has 5 heteroatoms. The summed E-state index contributed by atoms with van der Waals surface area (Å²) in [5, 5.41) is 3.25. The van der Waals surface area contributed by atoms with Crippen LogP contribution in [0.4, 0.5) is 0 Å². The van der Waals surface area contributed by atoms with Gasteiger partial charge in [-0.2, -0.15) is 0 Å². The number of aromatic nitrogens is 5. The SMILES string of the molecule is Cc1ccc2ccc3c(-c4ccc(-c5cc(-c6ccccc6)nc(-c6cccc(-c7cccc8cccnc78)c6)n5)cc4)cc(-c4ccccc4)nc3c2n1. The van der Waals surface area contributed by atoms with Gasteiger partial charge in [-0.1, -0.05) is 146 Å². The molecular formula is C50H33N5. The van der Waals surface area contributed by atoms with Crippen LogP contribution in [-0.2, 0) is 0 Å². The molecule has 258 valence electrons. The van der Waals surface area contributed by atoms with Gasteiger partial charge in [0.2, 0.25) is 0 Å². The maximum absolute atomic E-state index is 5.20. The molecule has 0 atom stereocenters. The lowest BCUT2D eigenvalue weighted by molar-refractivity contribution is 1.18. The van der Waals surface area contributed by atoms with Crippen molar-refractivity contribution in [3.05, 3.63) is 188 Å². The van der Waals surface area contributed by atoms with Crippen LogP contribution < -0.4 is 0 Å². The van der Waals surface area contributed by atoms with Gasteiger partial charge in [-0.3, -0.25) is 9.97 Å². The average molecular weight is 704 g/mol. The van der Waals surface area contributed by atoms with Gasteiger partial charge in [0.05, 0.1) is 33.6 Å². The summed E-state index contributed by atoms with van der Waals surface area (Å²) in [7, 11) is 0. The van der Waals surface area contributed by atoms with Crippen LogP contribution in [0.15, 0.2) is 182 Å². The Morgan fingerprint density at radius 3 is 1.71 bits per heavy atom. The number of aryl methyl sites for hydroxylation is 1. The molecule has 0 radical (unpaired) electrons. The summed E-state index contributed by atoms with van der Waals surface area (Å²) in [6.45, 7) is 2.03. The van der Waals surface area contributed by atoms with Gasteiger partial charge in [0.1, 0.15) is 0 Å². The van der Waals surface area contributed by atoms with E-state index in [4.69, 9.17) is 24.9 Å². The van der Waals surface area contributed by atoms with Crippen molar-refractivity contribution < 1.29 is 0 Å². The Hall–Kier alpha value is -7.37.